The van der Waals surface area contributed by atoms with Gasteiger partial charge < -0.3 is 10.4 Å². The third-order valence-electron chi connectivity index (χ3n) is 2.52. The number of hydrogen-bond donors (Lipinski definition) is 2. The molecule has 0 saturated carbocycles. The fourth-order valence-corrected chi connectivity index (χ4v) is 1.63. The van der Waals surface area contributed by atoms with Gasteiger partial charge in [0.1, 0.15) is 6.04 Å². The van der Waals surface area contributed by atoms with E-state index < -0.39 is 12.0 Å². The van der Waals surface area contributed by atoms with Gasteiger partial charge in [0.2, 0.25) is 5.91 Å². The van der Waals surface area contributed by atoms with E-state index in [9.17, 15) is 9.59 Å². The van der Waals surface area contributed by atoms with Crippen LogP contribution in [0.1, 0.15) is 58.8 Å². The molecular formula is C12H23NO3. The highest BCUT2D eigenvalue weighted by molar-refractivity contribution is 5.81. The summed E-state index contributed by atoms with van der Waals surface area (Å²) >= 11 is 0. The Bertz CT molecular complexity index is 216. The molecule has 0 aliphatic heterocycles. The minimum atomic E-state index is -0.941. The molecule has 0 aromatic carbocycles. The lowest BCUT2D eigenvalue weighted by Gasteiger charge is -2.12. The van der Waals surface area contributed by atoms with Gasteiger partial charge in [0.25, 0.3) is 0 Å². The molecule has 0 unspecified atom stereocenters. The molecule has 0 aliphatic carbocycles. The first kappa shape index (κ1) is 14.9. The molecule has 1 amide bonds. The standard InChI is InChI=1S/C12H23NO3/c1-3-4-5-6-7-8-9-11(12(15)16)13-10(2)14/h11H,3-9H2,1-2H3,(H,13,14)(H,15,16)/t11-/m0/s1. The first-order chi connectivity index (χ1) is 7.57. The van der Waals surface area contributed by atoms with Crippen LogP contribution in [0.15, 0.2) is 0 Å². The average molecular weight is 229 g/mol. The van der Waals surface area contributed by atoms with Crippen LogP contribution in [0.2, 0.25) is 0 Å². The third-order valence-corrected chi connectivity index (χ3v) is 2.52. The Balaban J connectivity index is 3.60. The van der Waals surface area contributed by atoms with Gasteiger partial charge in [-0.3, -0.25) is 4.79 Å². The van der Waals surface area contributed by atoms with Crippen molar-refractivity contribution in [3.05, 3.63) is 0 Å². The third kappa shape index (κ3) is 8.26. The molecule has 0 radical (unpaired) electrons. The largest absolute Gasteiger partial charge is 0.480 e. The topological polar surface area (TPSA) is 66.4 Å². The SMILES string of the molecule is CCCCCCCC[C@H](NC(C)=O)C(=O)O. The maximum absolute atomic E-state index is 10.8. The second-order valence-corrected chi connectivity index (χ2v) is 4.15. The Morgan fingerprint density at radius 1 is 1.12 bits per heavy atom. The number of unbranched alkanes of at least 4 members (excludes halogenated alkanes) is 5. The fraction of sp³-hybridized carbons (Fsp3) is 0.833. The molecular weight excluding hydrogens is 206 g/mol. The van der Waals surface area contributed by atoms with Gasteiger partial charge in [0, 0.05) is 6.92 Å². The molecule has 0 aromatic rings. The first-order valence-corrected chi connectivity index (χ1v) is 6.07. The van der Waals surface area contributed by atoms with Crippen molar-refractivity contribution in [3.63, 3.8) is 0 Å². The van der Waals surface area contributed by atoms with Gasteiger partial charge in [0.15, 0.2) is 0 Å². The van der Waals surface area contributed by atoms with Crippen LogP contribution in [-0.2, 0) is 9.59 Å². The number of carboxylic acid groups (broad SMARTS) is 1. The van der Waals surface area contributed by atoms with Crippen LogP contribution in [0.4, 0.5) is 0 Å². The van der Waals surface area contributed by atoms with Gasteiger partial charge >= 0.3 is 5.97 Å². The van der Waals surface area contributed by atoms with Crippen molar-refractivity contribution in [1.82, 2.24) is 5.32 Å². The van der Waals surface area contributed by atoms with Gasteiger partial charge in [-0.05, 0) is 6.42 Å². The second kappa shape index (κ2) is 9.19. The Morgan fingerprint density at radius 2 is 1.69 bits per heavy atom. The lowest BCUT2D eigenvalue weighted by molar-refractivity contribution is -0.141. The Labute approximate surface area is 97.4 Å². The summed E-state index contributed by atoms with van der Waals surface area (Å²) in [4.78, 5) is 21.5. The van der Waals surface area contributed by atoms with Gasteiger partial charge in [-0.2, -0.15) is 0 Å². The summed E-state index contributed by atoms with van der Waals surface area (Å²) < 4.78 is 0. The Kier molecular flexibility index (Phi) is 8.58. The molecule has 0 aromatic heterocycles. The van der Waals surface area contributed by atoms with Crippen molar-refractivity contribution in [2.24, 2.45) is 0 Å². The molecule has 0 bridgehead atoms. The van der Waals surface area contributed by atoms with E-state index in [1.165, 1.54) is 26.2 Å². The number of aliphatic carboxylic acids is 1. The smallest absolute Gasteiger partial charge is 0.326 e. The number of carbonyl (C=O) groups excluding carboxylic acids is 1. The number of amides is 1. The van der Waals surface area contributed by atoms with Gasteiger partial charge in [-0.25, -0.2) is 4.79 Å². The molecule has 0 heterocycles. The fourth-order valence-electron chi connectivity index (χ4n) is 1.63. The molecule has 0 aliphatic rings. The molecule has 0 fully saturated rings. The molecule has 1 atom stereocenters. The zero-order chi connectivity index (χ0) is 12.4. The minimum Gasteiger partial charge on any atom is -0.480 e. The van der Waals surface area contributed by atoms with Crippen LogP contribution < -0.4 is 5.32 Å². The summed E-state index contributed by atoms with van der Waals surface area (Å²) in [5.41, 5.74) is 0. The van der Waals surface area contributed by atoms with Crippen LogP contribution in [0.3, 0.4) is 0 Å². The van der Waals surface area contributed by atoms with Gasteiger partial charge in [-0.15, -0.1) is 0 Å². The lowest BCUT2D eigenvalue weighted by atomic mass is 10.1. The summed E-state index contributed by atoms with van der Waals surface area (Å²) in [5.74, 6) is -1.22. The van der Waals surface area contributed by atoms with E-state index in [4.69, 9.17) is 5.11 Å². The monoisotopic (exact) mass is 229 g/mol. The van der Waals surface area contributed by atoms with Crippen molar-refractivity contribution in [3.8, 4) is 0 Å². The predicted molar refractivity (Wildman–Crippen MR) is 63.2 cm³/mol. The van der Waals surface area contributed by atoms with Crippen LogP contribution >= 0.6 is 0 Å². The Morgan fingerprint density at radius 3 is 2.19 bits per heavy atom. The number of nitrogens with one attached hydrogen (secondary N) is 1. The summed E-state index contributed by atoms with van der Waals surface area (Å²) in [5, 5.41) is 11.3. The number of carboxylic acids is 1. The molecule has 16 heavy (non-hydrogen) atoms. The van der Waals surface area contributed by atoms with Gasteiger partial charge in [-0.1, -0.05) is 45.4 Å². The Hall–Kier alpha value is -1.06. The van der Waals surface area contributed by atoms with Crippen LogP contribution in [0, 0.1) is 0 Å². The minimum absolute atomic E-state index is 0.279. The molecule has 4 heteroatoms. The summed E-state index contributed by atoms with van der Waals surface area (Å²) in [6, 6.07) is -0.719. The molecule has 4 nitrogen and oxygen atoms in total. The molecule has 2 N–H and O–H groups in total. The predicted octanol–water partition coefficient (Wildman–Crippen LogP) is 2.33. The zero-order valence-electron chi connectivity index (χ0n) is 10.3. The molecule has 0 rings (SSSR count). The number of rotatable bonds is 9. The van der Waals surface area contributed by atoms with Crippen molar-refractivity contribution < 1.29 is 14.7 Å². The van der Waals surface area contributed by atoms with E-state index in [1.807, 2.05) is 0 Å². The molecule has 0 saturated heterocycles. The molecule has 94 valence electrons. The quantitative estimate of drug-likeness (QED) is 0.596. The van der Waals surface area contributed by atoms with Crippen molar-refractivity contribution in [1.29, 1.82) is 0 Å². The number of carbonyl (C=O) groups is 2. The highest BCUT2D eigenvalue weighted by atomic mass is 16.4. The second-order valence-electron chi connectivity index (χ2n) is 4.15. The maximum atomic E-state index is 10.8. The van der Waals surface area contributed by atoms with E-state index in [2.05, 4.69) is 12.2 Å². The van der Waals surface area contributed by atoms with E-state index in [-0.39, 0.29) is 5.91 Å². The average Bonchev–Trinajstić information content (AvgIpc) is 2.20. The highest BCUT2D eigenvalue weighted by Gasteiger charge is 2.17. The van der Waals surface area contributed by atoms with E-state index in [0.717, 1.165) is 19.3 Å². The van der Waals surface area contributed by atoms with Crippen molar-refractivity contribution >= 4 is 11.9 Å². The van der Waals surface area contributed by atoms with E-state index >= 15 is 0 Å². The maximum Gasteiger partial charge on any atom is 0.326 e. The van der Waals surface area contributed by atoms with Crippen LogP contribution in [-0.4, -0.2) is 23.0 Å². The number of hydrogen-bond acceptors (Lipinski definition) is 2. The van der Waals surface area contributed by atoms with E-state index in [1.54, 1.807) is 0 Å². The van der Waals surface area contributed by atoms with E-state index in [0.29, 0.717) is 6.42 Å². The lowest BCUT2D eigenvalue weighted by Crippen LogP contribution is -2.39. The summed E-state index contributed by atoms with van der Waals surface area (Å²) in [6.45, 7) is 3.51. The highest BCUT2D eigenvalue weighted by Crippen LogP contribution is 2.08. The summed E-state index contributed by atoms with van der Waals surface area (Å²) in [6.07, 6.45) is 7.26. The summed E-state index contributed by atoms with van der Waals surface area (Å²) in [7, 11) is 0. The normalized spacial score (nSPS) is 12.1. The van der Waals surface area contributed by atoms with Crippen molar-refractivity contribution in [2.75, 3.05) is 0 Å². The van der Waals surface area contributed by atoms with Crippen molar-refractivity contribution in [2.45, 2.75) is 64.8 Å². The van der Waals surface area contributed by atoms with Crippen LogP contribution in [0.5, 0.6) is 0 Å². The van der Waals surface area contributed by atoms with Crippen LogP contribution in [0.25, 0.3) is 0 Å². The zero-order valence-corrected chi connectivity index (χ0v) is 10.3. The molecule has 0 spiro atoms. The first-order valence-electron chi connectivity index (χ1n) is 6.07. The van der Waals surface area contributed by atoms with Gasteiger partial charge in [0.05, 0.1) is 0 Å².